The average Bonchev–Trinajstić information content (AvgIpc) is 2.74. The number of allylic oxidation sites excluding steroid dienone is 2. The summed E-state index contributed by atoms with van der Waals surface area (Å²) in [6, 6.07) is 0.615. The fraction of sp³-hybridized carbons (Fsp3) is 0.810. The van der Waals surface area contributed by atoms with Gasteiger partial charge < -0.3 is 4.90 Å². The largest absolute Gasteiger partial charge is 0.306 e. The van der Waals surface area contributed by atoms with Gasteiger partial charge in [-0.05, 0) is 57.8 Å². The van der Waals surface area contributed by atoms with Crippen molar-refractivity contribution in [3.05, 3.63) is 22.3 Å². The van der Waals surface area contributed by atoms with E-state index in [-0.39, 0.29) is 0 Å². The van der Waals surface area contributed by atoms with Gasteiger partial charge in [-0.2, -0.15) is 0 Å². The lowest BCUT2D eigenvalue weighted by atomic mass is 9.83. The fourth-order valence-corrected chi connectivity index (χ4v) is 4.13. The van der Waals surface area contributed by atoms with E-state index >= 15 is 0 Å². The lowest BCUT2D eigenvalue weighted by molar-refractivity contribution is 0.264. The van der Waals surface area contributed by atoms with Gasteiger partial charge in [0.2, 0.25) is 0 Å². The second-order valence-corrected chi connectivity index (χ2v) is 7.19. The molecule has 0 saturated carbocycles. The van der Waals surface area contributed by atoms with E-state index in [1.165, 1.54) is 51.4 Å². The summed E-state index contributed by atoms with van der Waals surface area (Å²) in [5, 5.41) is 0. The second kappa shape index (κ2) is 9.55. The Kier molecular flexibility index (Phi) is 8.46. The Balaban J connectivity index is 3.36. The zero-order valence-corrected chi connectivity index (χ0v) is 16.3. The highest BCUT2D eigenvalue weighted by Crippen LogP contribution is 2.47. The van der Waals surface area contributed by atoms with Gasteiger partial charge in [0.05, 0.1) is 0 Å². The number of hydrogen-bond acceptors (Lipinski definition) is 1. The molecule has 0 heterocycles. The highest BCUT2D eigenvalue weighted by molar-refractivity contribution is 5.51. The van der Waals surface area contributed by atoms with Crippen molar-refractivity contribution in [1.29, 1.82) is 0 Å². The van der Waals surface area contributed by atoms with Crippen molar-refractivity contribution in [2.75, 3.05) is 14.1 Å². The van der Waals surface area contributed by atoms with E-state index in [0.29, 0.717) is 12.0 Å². The molecule has 1 heteroatoms. The molecule has 0 aliphatic heterocycles. The summed E-state index contributed by atoms with van der Waals surface area (Å²) >= 11 is 0. The minimum Gasteiger partial charge on any atom is -0.306 e. The molecule has 0 saturated heterocycles. The maximum absolute atomic E-state index is 2.43. The van der Waals surface area contributed by atoms with E-state index in [9.17, 15) is 0 Å². The van der Waals surface area contributed by atoms with Crippen molar-refractivity contribution >= 4 is 0 Å². The standard InChI is InChI=1S/C21H39N/c1-8-12-17-18(13-9-2)20(15-11-4)21(16(5)22(6)7)19(17)14-10-3/h16,21H,8-15H2,1-7H3. The quantitative estimate of drug-likeness (QED) is 0.454. The van der Waals surface area contributed by atoms with Gasteiger partial charge in [-0.3, -0.25) is 0 Å². The molecule has 0 radical (unpaired) electrons. The van der Waals surface area contributed by atoms with Crippen LogP contribution in [0, 0.1) is 5.92 Å². The van der Waals surface area contributed by atoms with Crippen LogP contribution in [0.3, 0.4) is 0 Å². The number of nitrogens with zero attached hydrogens (tertiary/aromatic N) is 1. The van der Waals surface area contributed by atoms with Crippen LogP contribution in [-0.4, -0.2) is 25.0 Å². The molecular formula is C21H39N. The maximum atomic E-state index is 2.43. The lowest BCUT2D eigenvalue weighted by Crippen LogP contribution is -2.34. The van der Waals surface area contributed by atoms with Crippen LogP contribution in [0.1, 0.15) is 86.0 Å². The van der Waals surface area contributed by atoms with Crippen molar-refractivity contribution in [2.45, 2.75) is 92.0 Å². The normalized spacial score (nSPS) is 18.0. The SMILES string of the molecule is CCCC1=C(CCC)C(C(C)N(C)C)C(CCC)=C1CCC. The Labute approximate surface area is 139 Å². The molecule has 0 amide bonds. The molecule has 0 aromatic rings. The Morgan fingerprint density at radius 3 is 1.36 bits per heavy atom. The summed E-state index contributed by atoms with van der Waals surface area (Å²) in [6.07, 6.45) is 10.3. The molecule has 0 N–H and O–H groups in total. The summed E-state index contributed by atoms with van der Waals surface area (Å²) in [5.41, 5.74) is 7.09. The van der Waals surface area contributed by atoms with Crippen LogP contribution in [0.4, 0.5) is 0 Å². The molecule has 1 rings (SSSR count). The average molecular weight is 306 g/mol. The Morgan fingerprint density at radius 2 is 1.09 bits per heavy atom. The third-order valence-electron chi connectivity index (χ3n) is 5.23. The molecule has 1 unspecified atom stereocenters. The van der Waals surface area contributed by atoms with Gasteiger partial charge in [0.1, 0.15) is 0 Å². The molecular weight excluding hydrogens is 266 g/mol. The summed E-state index contributed by atoms with van der Waals surface area (Å²) in [5.74, 6) is 0.679. The Morgan fingerprint density at radius 1 is 0.727 bits per heavy atom. The molecule has 1 nitrogen and oxygen atoms in total. The molecule has 0 aromatic carbocycles. The van der Waals surface area contributed by atoms with E-state index in [2.05, 4.69) is 53.6 Å². The van der Waals surface area contributed by atoms with Gasteiger partial charge >= 0.3 is 0 Å². The predicted octanol–water partition coefficient (Wildman–Crippen LogP) is 6.36. The summed E-state index contributed by atoms with van der Waals surface area (Å²) in [4.78, 5) is 2.43. The Bertz CT molecular complexity index is 368. The van der Waals surface area contributed by atoms with Crippen molar-refractivity contribution < 1.29 is 0 Å². The van der Waals surface area contributed by atoms with Crippen LogP contribution in [0.25, 0.3) is 0 Å². The van der Waals surface area contributed by atoms with Crippen molar-refractivity contribution in [3.63, 3.8) is 0 Å². The first-order chi connectivity index (χ1) is 10.5. The van der Waals surface area contributed by atoms with Crippen molar-refractivity contribution in [2.24, 2.45) is 5.92 Å². The third-order valence-corrected chi connectivity index (χ3v) is 5.23. The summed E-state index contributed by atoms with van der Waals surface area (Å²) in [6.45, 7) is 11.8. The molecule has 128 valence electrons. The number of rotatable bonds is 10. The van der Waals surface area contributed by atoms with Gasteiger partial charge in [-0.1, -0.05) is 64.5 Å². The predicted molar refractivity (Wildman–Crippen MR) is 100 cm³/mol. The summed E-state index contributed by atoms with van der Waals surface area (Å²) < 4.78 is 0. The van der Waals surface area contributed by atoms with E-state index in [1.54, 1.807) is 22.3 Å². The molecule has 0 bridgehead atoms. The molecule has 0 aromatic heterocycles. The zero-order chi connectivity index (χ0) is 16.7. The monoisotopic (exact) mass is 305 g/mol. The van der Waals surface area contributed by atoms with Crippen LogP contribution < -0.4 is 0 Å². The van der Waals surface area contributed by atoms with E-state index < -0.39 is 0 Å². The first kappa shape index (κ1) is 19.5. The first-order valence-electron chi connectivity index (χ1n) is 9.63. The van der Waals surface area contributed by atoms with E-state index in [4.69, 9.17) is 0 Å². The first-order valence-corrected chi connectivity index (χ1v) is 9.63. The van der Waals surface area contributed by atoms with Gasteiger partial charge in [-0.15, -0.1) is 0 Å². The molecule has 1 atom stereocenters. The van der Waals surface area contributed by atoms with E-state index in [1.807, 2.05) is 0 Å². The van der Waals surface area contributed by atoms with Crippen LogP contribution in [0.5, 0.6) is 0 Å². The molecule has 0 fully saturated rings. The molecule has 0 spiro atoms. The fourth-order valence-electron chi connectivity index (χ4n) is 4.13. The zero-order valence-electron chi connectivity index (χ0n) is 16.3. The second-order valence-electron chi connectivity index (χ2n) is 7.19. The molecule has 1 aliphatic carbocycles. The van der Waals surface area contributed by atoms with Gasteiger partial charge in [0, 0.05) is 12.0 Å². The van der Waals surface area contributed by atoms with Crippen LogP contribution in [-0.2, 0) is 0 Å². The molecule has 22 heavy (non-hydrogen) atoms. The molecule has 1 aliphatic rings. The highest BCUT2D eigenvalue weighted by atomic mass is 15.1. The van der Waals surface area contributed by atoms with Crippen LogP contribution in [0.2, 0.25) is 0 Å². The van der Waals surface area contributed by atoms with Gasteiger partial charge in [-0.25, -0.2) is 0 Å². The minimum absolute atomic E-state index is 0.615. The number of hydrogen-bond donors (Lipinski definition) is 0. The topological polar surface area (TPSA) is 3.24 Å². The lowest BCUT2D eigenvalue weighted by Gasteiger charge is -2.31. The van der Waals surface area contributed by atoms with Gasteiger partial charge in [0.25, 0.3) is 0 Å². The summed E-state index contributed by atoms with van der Waals surface area (Å²) in [7, 11) is 4.49. The maximum Gasteiger partial charge on any atom is 0.0172 e. The Hall–Kier alpha value is -0.560. The highest BCUT2D eigenvalue weighted by Gasteiger charge is 2.35. The van der Waals surface area contributed by atoms with Crippen LogP contribution >= 0.6 is 0 Å². The minimum atomic E-state index is 0.615. The third kappa shape index (κ3) is 4.25. The van der Waals surface area contributed by atoms with Gasteiger partial charge in [0.15, 0.2) is 0 Å². The van der Waals surface area contributed by atoms with E-state index in [0.717, 1.165) is 0 Å². The van der Waals surface area contributed by atoms with Crippen molar-refractivity contribution in [1.82, 2.24) is 4.90 Å². The smallest absolute Gasteiger partial charge is 0.0172 e. The van der Waals surface area contributed by atoms with Crippen LogP contribution in [0.15, 0.2) is 22.3 Å². The van der Waals surface area contributed by atoms with Crippen molar-refractivity contribution in [3.8, 4) is 0 Å².